The Labute approximate surface area is 182 Å². The Kier molecular flexibility index (Phi) is 6.25. The second-order valence-corrected chi connectivity index (χ2v) is 6.96. The predicted molar refractivity (Wildman–Crippen MR) is 122 cm³/mol. The monoisotopic (exact) mass is 406 g/mol. The molecule has 31 heavy (non-hydrogen) atoms. The van der Waals surface area contributed by atoms with Crippen LogP contribution < -0.4 is 0 Å². The maximum atomic E-state index is 12.1. The average molecular weight is 406 g/mol. The second-order valence-electron chi connectivity index (χ2n) is 6.96. The van der Waals surface area contributed by atoms with Gasteiger partial charge in [-0.25, -0.2) is 4.68 Å². The summed E-state index contributed by atoms with van der Waals surface area (Å²) in [4.78, 5) is 12.1. The van der Waals surface area contributed by atoms with E-state index in [0.717, 1.165) is 33.6 Å². The van der Waals surface area contributed by atoms with Crippen LogP contribution in [0.5, 0.6) is 0 Å². The van der Waals surface area contributed by atoms with Crippen LogP contribution >= 0.6 is 0 Å². The van der Waals surface area contributed by atoms with Crippen LogP contribution in [0.3, 0.4) is 0 Å². The molecule has 1 heterocycles. The molecule has 4 aromatic rings. The Hall–Kier alpha value is -4.10. The summed E-state index contributed by atoms with van der Waals surface area (Å²) >= 11 is 0. The van der Waals surface area contributed by atoms with E-state index in [1.165, 1.54) is 0 Å². The van der Waals surface area contributed by atoms with E-state index in [2.05, 4.69) is 11.8 Å². The molecule has 0 spiro atoms. The van der Waals surface area contributed by atoms with Crippen LogP contribution in [0, 0.1) is 11.8 Å². The number of para-hydroxylation sites is 1. The molecule has 152 valence electrons. The molecular formula is C27H22N2O2. The zero-order valence-corrected chi connectivity index (χ0v) is 17.3. The van der Waals surface area contributed by atoms with Crippen LogP contribution in [-0.2, 0) is 16.0 Å². The van der Waals surface area contributed by atoms with Gasteiger partial charge in [0.25, 0.3) is 0 Å². The van der Waals surface area contributed by atoms with Gasteiger partial charge < -0.3 is 4.74 Å². The Morgan fingerprint density at radius 1 is 0.871 bits per heavy atom. The van der Waals surface area contributed by atoms with Crippen molar-refractivity contribution in [1.82, 2.24) is 9.78 Å². The highest BCUT2D eigenvalue weighted by Gasteiger charge is 2.16. The lowest BCUT2D eigenvalue weighted by Crippen LogP contribution is -2.07. The first kappa shape index (κ1) is 20.2. The van der Waals surface area contributed by atoms with Gasteiger partial charge in [-0.1, -0.05) is 60.4 Å². The molecule has 4 heteroatoms. The highest BCUT2D eigenvalue weighted by Crippen LogP contribution is 2.25. The normalized spacial score (nSPS) is 10.2. The van der Waals surface area contributed by atoms with Crippen molar-refractivity contribution in [3.05, 3.63) is 108 Å². The van der Waals surface area contributed by atoms with Gasteiger partial charge in [0, 0.05) is 28.5 Å². The number of benzene rings is 3. The van der Waals surface area contributed by atoms with Gasteiger partial charge in [-0.05, 0) is 43.3 Å². The molecular weight excluding hydrogens is 384 g/mol. The van der Waals surface area contributed by atoms with Gasteiger partial charge in [0.2, 0.25) is 0 Å². The summed E-state index contributed by atoms with van der Waals surface area (Å²) in [7, 11) is 0. The number of hydrogen-bond acceptors (Lipinski definition) is 3. The van der Waals surface area contributed by atoms with Crippen LogP contribution in [0.15, 0.2) is 91.1 Å². The smallest absolute Gasteiger partial charge is 0.310 e. The molecule has 0 aliphatic heterocycles. The number of hydrogen-bond donors (Lipinski definition) is 0. The third-order valence-corrected chi connectivity index (χ3v) is 4.73. The Bertz CT molecular complexity index is 1220. The molecule has 3 aromatic carbocycles. The van der Waals surface area contributed by atoms with E-state index < -0.39 is 0 Å². The minimum atomic E-state index is -0.262. The number of nitrogens with zero attached hydrogens (tertiary/aromatic N) is 2. The minimum Gasteiger partial charge on any atom is -0.466 e. The minimum absolute atomic E-state index is 0.172. The van der Waals surface area contributed by atoms with Crippen molar-refractivity contribution in [3.8, 4) is 28.8 Å². The van der Waals surface area contributed by atoms with E-state index in [1.807, 2.05) is 91.1 Å². The van der Waals surface area contributed by atoms with Gasteiger partial charge in [-0.3, -0.25) is 4.79 Å². The molecule has 0 saturated carbocycles. The molecule has 4 nitrogen and oxygen atoms in total. The molecule has 0 saturated heterocycles. The summed E-state index contributed by atoms with van der Waals surface area (Å²) in [5.41, 5.74) is 5.35. The molecule has 0 aliphatic rings. The van der Waals surface area contributed by atoms with E-state index in [9.17, 15) is 4.79 Å². The van der Waals surface area contributed by atoms with Gasteiger partial charge in [-0.15, -0.1) is 0 Å². The van der Waals surface area contributed by atoms with Crippen LogP contribution in [-0.4, -0.2) is 22.4 Å². The molecule has 0 N–H and O–H groups in total. The van der Waals surface area contributed by atoms with Crippen LogP contribution in [0.1, 0.15) is 23.6 Å². The Balaban J connectivity index is 1.65. The first-order valence-electron chi connectivity index (χ1n) is 10.2. The third-order valence-electron chi connectivity index (χ3n) is 4.73. The fourth-order valence-corrected chi connectivity index (χ4v) is 3.24. The standard InChI is InChI=1S/C27H22N2O2/c1-2-31-26(30)19-24-20-29(25-11-7-4-8-12-25)28-27(24)23-17-15-22(16-18-23)14-13-21-9-5-3-6-10-21/h3-12,15-18,20H,2,19H2,1H3. The molecule has 0 unspecified atom stereocenters. The zero-order chi connectivity index (χ0) is 21.5. The topological polar surface area (TPSA) is 44.1 Å². The lowest BCUT2D eigenvalue weighted by Gasteiger charge is -2.03. The lowest BCUT2D eigenvalue weighted by atomic mass is 10.0. The van der Waals surface area contributed by atoms with Crippen molar-refractivity contribution < 1.29 is 9.53 Å². The van der Waals surface area contributed by atoms with Crippen molar-refractivity contribution in [3.63, 3.8) is 0 Å². The van der Waals surface area contributed by atoms with E-state index >= 15 is 0 Å². The second kappa shape index (κ2) is 9.60. The fourth-order valence-electron chi connectivity index (χ4n) is 3.24. The average Bonchev–Trinajstić information content (AvgIpc) is 3.23. The van der Waals surface area contributed by atoms with Crippen molar-refractivity contribution in [1.29, 1.82) is 0 Å². The maximum absolute atomic E-state index is 12.1. The van der Waals surface area contributed by atoms with Crippen LogP contribution in [0.25, 0.3) is 16.9 Å². The highest BCUT2D eigenvalue weighted by atomic mass is 16.5. The fraction of sp³-hybridized carbons (Fsp3) is 0.111. The van der Waals surface area contributed by atoms with Crippen molar-refractivity contribution in [2.45, 2.75) is 13.3 Å². The van der Waals surface area contributed by atoms with Gasteiger partial charge in [0.15, 0.2) is 0 Å². The summed E-state index contributed by atoms with van der Waals surface area (Å²) in [6.45, 7) is 2.16. The quantitative estimate of drug-likeness (QED) is 0.344. The summed E-state index contributed by atoms with van der Waals surface area (Å²) in [5.74, 6) is 6.09. The molecule has 0 aliphatic carbocycles. The summed E-state index contributed by atoms with van der Waals surface area (Å²) < 4.78 is 6.95. The molecule has 0 bridgehead atoms. The van der Waals surface area contributed by atoms with Gasteiger partial charge in [0.1, 0.15) is 0 Å². The molecule has 0 atom stereocenters. The van der Waals surface area contributed by atoms with E-state index in [1.54, 1.807) is 11.6 Å². The first-order valence-corrected chi connectivity index (χ1v) is 10.2. The lowest BCUT2D eigenvalue weighted by molar-refractivity contribution is -0.142. The van der Waals surface area contributed by atoms with Gasteiger partial charge in [0.05, 0.1) is 24.4 Å². The maximum Gasteiger partial charge on any atom is 0.310 e. The van der Waals surface area contributed by atoms with Crippen molar-refractivity contribution >= 4 is 5.97 Å². The van der Waals surface area contributed by atoms with Crippen molar-refractivity contribution in [2.24, 2.45) is 0 Å². The SMILES string of the molecule is CCOC(=O)Cc1cn(-c2ccccc2)nc1-c1ccc(C#Cc2ccccc2)cc1. The molecule has 0 radical (unpaired) electrons. The number of esters is 1. The predicted octanol–water partition coefficient (Wildman–Crippen LogP) is 5.04. The number of aromatic nitrogens is 2. The summed E-state index contributed by atoms with van der Waals surface area (Å²) in [6, 6.07) is 27.7. The van der Waals surface area contributed by atoms with E-state index in [0.29, 0.717) is 6.61 Å². The highest BCUT2D eigenvalue weighted by molar-refractivity contribution is 5.76. The Morgan fingerprint density at radius 3 is 2.13 bits per heavy atom. The van der Waals surface area contributed by atoms with Gasteiger partial charge in [-0.2, -0.15) is 5.10 Å². The molecule has 0 amide bonds. The van der Waals surface area contributed by atoms with E-state index in [4.69, 9.17) is 9.84 Å². The number of carbonyl (C=O) groups excluding carboxylic acids is 1. The van der Waals surface area contributed by atoms with Crippen LogP contribution in [0.4, 0.5) is 0 Å². The molecule has 1 aromatic heterocycles. The number of carbonyl (C=O) groups is 1. The van der Waals surface area contributed by atoms with Crippen LogP contribution in [0.2, 0.25) is 0 Å². The molecule has 4 rings (SSSR count). The first-order chi connectivity index (χ1) is 15.2. The summed E-state index contributed by atoms with van der Waals surface area (Å²) in [6.07, 6.45) is 2.07. The van der Waals surface area contributed by atoms with Crippen molar-refractivity contribution in [2.75, 3.05) is 6.61 Å². The molecule has 0 fully saturated rings. The Morgan fingerprint density at radius 2 is 1.48 bits per heavy atom. The zero-order valence-electron chi connectivity index (χ0n) is 17.3. The van der Waals surface area contributed by atoms with E-state index in [-0.39, 0.29) is 12.4 Å². The largest absolute Gasteiger partial charge is 0.466 e. The van der Waals surface area contributed by atoms with Gasteiger partial charge >= 0.3 is 5.97 Å². The number of ether oxygens (including phenoxy) is 1. The third kappa shape index (κ3) is 5.09. The number of rotatable bonds is 5. The summed E-state index contributed by atoms with van der Waals surface area (Å²) in [5, 5.41) is 4.76.